The average Bonchev–Trinajstić information content (AvgIpc) is 2.68. The lowest BCUT2D eigenvalue weighted by atomic mass is 10.4. The Bertz CT molecular complexity index is 361. The highest BCUT2D eigenvalue weighted by molar-refractivity contribution is 7.89. The molecule has 0 spiro atoms. The minimum Gasteiger partial charge on any atom is -0.353 e. The summed E-state index contributed by atoms with van der Waals surface area (Å²) in [6, 6.07) is 0.0201. The van der Waals surface area contributed by atoms with Crippen molar-refractivity contribution in [1.82, 2.24) is 14.9 Å². The number of amides is 1. The van der Waals surface area contributed by atoms with Crippen molar-refractivity contribution in [3.8, 4) is 0 Å². The van der Waals surface area contributed by atoms with Crippen molar-refractivity contribution in [2.45, 2.75) is 31.6 Å². The van der Waals surface area contributed by atoms with Gasteiger partial charge < -0.3 is 10.6 Å². The van der Waals surface area contributed by atoms with E-state index in [1.54, 1.807) is 0 Å². The van der Waals surface area contributed by atoms with Gasteiger partial charge in [0, 0.05) is 19.6 Å². The second kappa shape index (κ2) is 5.79. The summed E-state index contributed by atoms with van der Waals surface area (Å²) in [6.45, 7) is 4.76. The van der Waals surface area contributed by atoms with Crippen molar-refractivity contribution in [1.29, 1.82) is 0 Å². The first-order chi connectivity index (χ1) is 7.84. The topological polar surface area (TPSA) is 78.5 Å². The predicted molar refractivity (Wildman–Crippen MR) is 66.1 cm³/mol. The Balaban J connectivity index is 2.56. The third kappa shape index (κ3) is 3.93. The van der Waals surface area contributed by atoms with Crippen LogP contribution in [0.25, 0.3) is 0 Å². The van der Waals surface area contributed by atoms with Gasteiger partial charge in [-0.25, -0.2) is 8.42 Å². The van der Waals surface area contributed by atoms with Crippen molar-refractivity contribution in [3.63, 3.8) is 0 Å². The number of likely N-dealkylation sites (N-methyl/N-ethyl adjacent to an activating group) is 1. The summed E-state index contributed by atoms with van der Waals surface area (Å²) in [6.07, 6.45) is 0.610. The summed E-state index contributed by atoms with van der Waals surface area (Å²) in [5, 5.41) is 5.28. The molecule has 0 radical (unpaired) electrons. The third-order valence-corrected chi connectivity index (χ3v) is 4.93. The smallest absolute Gasteiger partial charge is 0.235 e. The van der Waals surface area contributed by atoms with Crippen molar-refractivity contribution in [2.24, 2.45) is 0 Å². The summed E-state index contributed by atoms with van der Waals surface area (Å²) >= 11 is 0. The number of nitrogens with zero attached hydrogens (tertiary/aromatic N) is 1. The normalized spacial score (nSPS) is 21.1. The zero-order chi connectivity index (χ0) is 13.1. The zero-order valence-electron chi connectivity index (χ0n) is 10.6. The van der Waals surface area contributed by atoms with Crippen LogP contribution in [0.15, 0.2) is 0 Å². The molecule has 1 saturated heterocycles. The summed E-state index contributed by atoms with van der Waals surface area (Å²) in [7, 11) is -1.91. The molecule has 17 heavy (non-hydrogen) atoms. The van der Waals surface area contributed by atoms with Gasteiger partial charge in [-0.1, -0.05) is 0 Å². The molecule has 0 aliphatic carbocycles. The van der Waals surface area contributed by atoms with Crippen molar-refractivity contribution >= 4 is 15.9 Å². The largest absolute Gasteiger partial charge is 0.353 e. The molecule has 1 amide bonds. The van der Waals surface area contributed by atoms with Gasteiger partial charge in [-0.2, -0.15) is 4.31 Å². The fourth-order valence-corrected chi connectivity index (χ4v) is 3.35. The maximum atomic E-state index is 12.1. The molecule has 1 aliphatic heterocycles. The van der Waals surface area contributed by atoms with Crippen LogP contribution < -0.4 is 10.6 Å². The van der Waals surface area contributed by atoms with Crippen LogP contribution in [0.1, 0.15) is 20.3 Å². The molecule has 1 atom stereocenters. The van der Waals surface area contributed by atoms with E-state index >= 15 is 0 Å². The number of hydrogen-bond donors (Lipinski definition) is 2. The summed E-state index contributed by atoms with van der Waals surface area (Å²) in [5.74, 6) is -0.267. The third-order valence-electron chi connectivity index (χ3n) is 2.69. The first-order valence-corrected chi connectivity index (χ1v) is 7.29. The van der Waals surface area contributed by atoms with Crippen LogP contribution in [0.5, 0.6) is 0 Å². The number of carbonyl (C=O) groups is 1. The van der Waals surface area contributed by atoms with Gasteiger partial charge in [-0.3, -0.25) is 4.79 Å². The van der Waals surface area contributed by atoms with E-state index in [0.717, 1.165) is 10.8 Å². The summed E-state index contributed by atoms with van der Waals surface area (Å²) in [5.41, 5.74) is 0. The molecule has 1 fully saturated rings. The van der Waals surface area contributed by atoms with E-state index in [1.165, 1.54) is 7.05 Å². The van der Waals surface area contributed by atoms with Crippen molar-refractivity contribution in [2.75, 3.05) is 26.7 Å². The highest BCUT2D eigenvalue weighted by Gasteiger charge is 2.32. The van der Waals surface area contributed by atoms with E-state index in [1.807, 2.05) is 13.8 Å². The predicted octanol–water partition coefficient (Wildman–Crippen LogP) is -0.865. The van der Waals surface area contributed by atoms with Gasteiger partial charge in [-0.05, 0) is 26.8 Å². The Labute approximate surface area is 103 Å². The maximum absolute atomic E-state index is 12.1. The Morgan fingerprint density at radius 1 is 1.53 bits per heavy atom. The van der Waals surface area contributed by atoms with Crippen molar-refractivity contribution in [3.05, 3.63) is 0 Å². The Morgan fingerprint density at radius 3 is 2.65 bits per heavy atom. The van der Waals surface area contributed by atoms with Crippen LogP contribution in [-0.2, 0) is 14.8 Å². The van der Waals surface area contributed by atoms with Crippen LogP contribution in [0.2, 0.25) is 0 Å². The minimum atomic E-state index is -3.36. The van der Waals surface area contributed by atoms with Gasteiger partial charge in [0.2, 0.25) is 15.9 Å². The van der Waals surface area contributed by atoms with Gasteiger partial charge in [0.15, 0.2) is 0 Å². The molecular weight excluding hydrogens is 242 g/mol. The zero-order valence-corrected chi connectivity index (χ0v) is 11.4. The van der Waals surface area contributed by atoms with E-state index in [4.69, 9.17) is 0 Å². The van der Waals surface area contributed by atoms with Gasteiger partial charge in [0.25, 0.3) is 0 Å². The number of sulfonamides is 1. The molecule has 1 aliphatic rings. The van der Waals surface area contributed by atoms with E-state index in [2.05, 4.69) is 10.6 Å². The first-order valence-electron chi connectivity index (χ1n) is 5.79. The van der Waals surface area contributed by atoms with E-state index in [-0.39, 0.29) is 18.5 Å². The molecule has 0 aromatic carbocycles. The molecule has 6 nitrogen and oxygen atoms in total. The molecule has 1 unspecified atom stereocenters. The van der Waals surface area contributed by atoms with Gasteiger partial charge in [0.1, 0.15) is 0 Å². The Hall–Kier alpha value is -0.660. The number of nitrogens with one attached hydrogen (secondary N) is 2. The van der Waals surface area contributed by atoms with Gasteiger partial charge in [-0.15, -0.1) is 0 Å². The van der Waals surface area contributed by atoms with E-state index in [9.17, 15) is 13.2 Å². The van der Waals surface area contributed by atoms with E-state index < -0.39 is 15.3 Å². The van der Waals surface area contributed by atoms with Gasteiger partial charge >= 0.3 is 0 Å². The lowest BCUT2D eigenvalue weighted by Gasteiger charge is -2.21. The van der Waals surface area contributed by atoms with Gasteiger partial charge in [0.05, 0.1) is 11.8 Å². The first kappa shape index (κ1) is 14.4. The number of hydrogen-bond acceptors (Lipinski definition) is 4. The summed E-state index contributed by atoms with van der Waals surface area (Å²) < 4.78 is 25.3. The number of carbonyl (C=O) groups excluding carboxylic acids is 1. The maximum Gasteiger partial charge on any atom is 0.235 e. The lowest BCUT2D eigenvalue weighted by molar-refractivity contribution is -0.121. The van der Waals surface area contributed by atoms with Crippen molar-refractivity contribution < 1.29 is 13.2 Å². The standard InChI is InChI=1S/C10H21N3O3S/c1-8(2)12-10(14)7-13(3)17(15,16)9-4-5-11-6-9/h8-9,11H,4-7H2,1-3H3,(H,12,14). The van der Waals surface area contributed by atoms with Crippen LogP contribution in [-0.4, -0.2) is 56.6 Å². The number of rotatable bonds is 5. The molecule has 0 bridgehead atoms. The molecule has 1 heterocycles. The second-order valence-electron chi connectivity index (χ2n) is 4.64. The summed E-state index contributed by atoms with van der Waals surface area (Å²) in [4.78, 5) is 11.5. The lowest BCUT2D eigenvalue weighted by Crippen LogP contribution is -2.44. The molecule has 0 saturated carbocycles. The SMILES string of the molecule is CC(C)NC(=O)CN(C)S(=O)(=O)C1CCNC1. The Morgan fingerprint density at radius 2 is 2.18 bits per heavy atom. The molecular formula is C10H21N3O3S. The van der Waals surface area contributed by atoms with Crippen LogP contribution in [0.4, 0.5) is 0 Å². The van der Waals surface area contributed by atoms with E-state index in [0.29, 0.717) is 13.0 Å². The van der Waals surface area contributed by atoms with Crippen LogP contribution in [0, 0.1) is 0 Å². The highest BCUT2D eigenvalue weighted by atomic mass is 32.2. The molecule has 0 aromatic heterocycles. The monoisotopic (exact) mass is 263 g/mol. The second-order valence-corrected chi connectivity index (χ2v) is 6.96. The van der Waals surface area contributed by atoms with Crippen LogP contribution in [0.3, 0.4) is 0 Å². The molecule has 0 aromatic rings. The Kier molecular flexibility index (Phi) is 4.91. The quantitative estimate of drug-likeness (QED) is 0.676. The average molecular weight is 263 g/mol. The minimum absolute atomic E-state index is 0.0201. The fraction of sp³-hybridized carbons (Fsp3) is 0.900. The molecule has 100 valence electrons. The highest BCUT2D eigenvalue weighted by Crippen LogP contribution is 2.13. The molecule has 2 N–H and O–H groups in total. The molecule has 7 heteroatoms. The molecule has 1 rings (SSSR count). The van der Waals surface area contributed by atoms with Crippen LogP contribution >= 0.6 is 0 Å². The fourth-order valence-electron chi connectivity index (χ4n) is 1.80.